The standard InChI is InChI=1S/C16H11ClF3NO/c1-21-13-5-3-2-4-10(13)9-14(21)11-6-7-15(12(17)8-11)22-16(18,19)20/h2-9H,1H3. The van der Waals surface area contributed by atoms with Gasteiger partial charge in [0.1, 0.15) is 5.75 Å². The fourth-order valence-corrected chi connectivity index (χ4v) is 2.65. The highest BCUT2D eigenvalue weighted by Gasteiger charge is 2.32. The van der Waals surface area contributed by atoms with Crippen LogP contribution in [0.2, 0.25) is 5.02 Å². The lowest BCUT2D eigenvalue weighted by molar-refractivity contribution is -0.274. The topological polar surface area (TPSA) is 14.2 Å². The van der Waals surface area contributed by atoms with Crippen molar-refractivity contribution < 1.29 is 17.9 Å². The van der Waals surface area contributed by atoms with E-state index in [1.54, 1.807) is 6.07 Å². The van der Waals surface area contributed by atoms with Gasteiger partial charge in [-0.25, -0.2) is 0 Å². The lowest BCUT2D eigenvalue weighted by Crippen LogP contribution is -2.17. The summed E-state index contributed by atoms with van der Waals surface area (Å²) in [5.74, 6) is -0.406. The molecule has 0 saturated carbocycles. The second-order valence-electron chi connectivity index (χ2n) is 4.84. The first-order valence-corrected chi connectivity index (χ1v) is 6.83. The van der Waals surface area contributed by atoms with Crippen LogP contribution in [-0.4, -0.2) is 10.9 Å². The largest absolute Gasteiger partial charge is 0.573 e. The van der Waals surface area contributed by atoms with E-state index >= 15 is 0 Å². The van der Waals surface area contributed by atoms with Crippen molar-refractivity contribution in [2.24, 2.45) is 7.05 Å². The minimum atomic E-state index is -4.76. The summed E-state index contributed by atoms with van der Waals surface area (Å²) in [5, 5.41) is 0.965. The van der Waals surface area contributed by atoms with Gasteiger partial charge in [0, 0.05) is 23.6 Å². The third-order valence-electron chi connectivity index (χ3n) is 3.41. The van der Waals surface area contributed by atoms with Crippen LogP contribution in [0.15, 0.2) is 48.5 Å². The van der Waals surface area contributed by atoms with Gasteiger partial charge in [-0.05, 0) is 35.9 Å². The number of halogens is 4. The molecule has 0 radical (unpaired) electrons. The molecule has 22 heavy (non-hydrogen) atoms. The molecule has 2 nitrogen and oxygen atoms in total. The van der Waals surface area contributed by atoms with Crippen molar-refractivity contribution in [1.82, 2.24) is 4.57 Å². The highest BCUT2D eigenvalue weighted by atomic mass is 35.5. The van der Waals surface area contributed by atoms with Crippen LogP contribution < -0.4 is 4.74 Å². The molecule has 1 heterocycles. The van der Waals surface area contributed by atoms with E-state index in [2.05, 4.69) is 4.74 Å². The van der Waals surface area contributed by atoms with E-state index in [4.69, 9.17) is 11.6 Å². The molecule has 0 unspecified atom stereocenters. The van der Waals surface area contributed by atoms with E-state index in [1.807, 2.05) is 41.9 Å². The summed E-state index contributed by atoms with van der Waals surface area (Å²) in [6.07, 6.45) is -4.76. The molecule has 6 heteroatoms. The first-order valence-electron chi connectivity index (χ1n) is 6.45. The van der Waals surface area contributed by atoms with Crippen molar-refractivity contribution in [3.05, 3.63) is 53.6 Å². The first-order chi connectivity index (χ1) is 10.3. The van der Waals surface area contributed by atoms with Gasteiger partial charge >= 0.3 is 6.36 Å². The Labute approximate surface area is 129 Å². The Morgan fingerprint density at radius 3 is 2.41 bits per heavy atom. The first kappa shape index (κ1) is 14.8. The molecule has 0 fully saturated rings. The van der Waals surface area contributed by atoms with Gasteiger partial charge in [0.25, 0.3) is 0 Å². The second-order valence-corrected chi connectivity index (χ2v) is 5.25. The lowest BCUT2D eigenvalue weighted by atomic mass is 10.1. The van der Waals surface area contributed by atoms with Gasteiger partial charge in [-0.15, -0.1) is 13.2 Å². The SMILES string of the molecule is Cn1c(-c2ccc(OC(F)(F)F)c(Cl)c2)cc2ccccc21. The minimum absolute atomic E-state index is 0.0833. The van der Waals surface area contributed by atoms with Gasteiger partial charge in [0.15, 0.2) is 0 Å². The predicted molar refractivity (Wildman–Crippen MR) is 80.0 cm³/mol. The number of rotatable bonds is 2. The van der Waals surface area contributed by atoms with E-state index in [0.29, 0.717) is 0 Å². The number of benzene rings is 2. The van der Waals surface area contributed by atoms with Gasteiger partial charge in [-0.1, -0.05) is 29.8 Å². The van der Waals surface area contributed by atoms with E-state index in [1.165, 1.54) is 12.1 Å². The Kier molecular flexibility index (Phi) is 3.53. The fourth-order valence-electron chi connectivity index (χ4n) is 2.43. The van der Waals surface area contributed by atoms with Gasteiger partial charge in [0.2, 0.25) is 0 Å². The number of aryl methyl sites for hydroxylation is 1. The number of hydrogen-bond donors (Lipinski definition) is 0. The molecule has 0 aliphatic heterocycles. The number of para-hydroxylation sites is 1. The van der Waals surface area contributed by atoms with Crippen LogP contribution in [0, 0.1) is 0 Å². The minimum Gasteiger partial charge on any atom is -0.404 e. The smallest absolute Gasteiger partial charge is 0.404 e. The third kappa shape index (κ3) is 2.76. The van der Waals surface area contributed by atoms with Gasteiger partial charge in [-0.3, -0.25) is 0 Å². The lowest BCUT2D eigenvalue weighted by Gasteiger charge is -2.11. The number of ether oxygens (including phenoxy) is 1. The molecule has 3 aromatic rings. The molecule has 0 spiro atoms. The molecule has 0 bridgehead atoms. The number of fused-ring (bicyclic) bond motifs is 1. The molecule has 3 rings (SSSR count). The van der Waals surface area contributed by atoms with Crippen LogP contribution in [0.1, 0.15) is 0 Å². The van der Waals surface area contributed by atoms with Crippen molar-refractivity contribution >= 4 is 22.5 Å². The number of aromatic nitrogens is 1. The zero-order valence-corrected chi connectivity index (χ0v) is 12.2. The summed E-state index contributed by atoms with van der Waals surface area (Å²) >= 11 is 5.90. The maximum Gasteiger partial charge on any atom is 0.573 e. The summed E-state index contributed by atoms with van der Waals surface area (Å²) in [6.45, 7) is 0. The van der Waals surface area contributed by atoms with Crippen molar-refractivity contribution in [2.75, 3.05) is 0 Å². The summed E-state index contributed by atoms with van der Waals surface area (Å²) in [5.41, 5.74) is 2.61. The van der Waals surface area contributed by atoms with Crippen LogP contribution in [-0.2, 0) is 7.05 Å². The second kappa shape index (κ2) is 5.25. The van der Waals surface area contributed by atoms with Gasteiger partial charge in [0.05, 0.1) is 5.02 Å². The van der Waals surface area contributed by atoms with Crippen LogP contribution in [0.4, 0.5) is 13.2 Å². The molecule has 0 aliphatic rings. The van der Waals surface area contributed by atoms with E-state index < -0.39 is 12.1 Å². The van der Waals surface area contributed by atoms with Crippen LogP contribution >= 0.6 is 11.6 Å². The molecule has 114 valence electrons. The summed E-state index contributed by atoms with van der Waals surface area (Å²) < 4.78 is 42.6. The maximum atomic E-state index is 12.3. The fraction of sp³-hybridized carbons (Fsp3) is 0.125. The highest BCUT2D eigenvalue weighted by Crippen LogP contribution is 2.35. The number of nitrogens with zero attached hydrogens (tertiary/aromatic N) is 1. The molecule has 0 amide bonds. The quantitative estimate of drug-likeness (QED) is 0.615. The Morgan fingerprint density at radius 2 is 1.77 bits per heavy atom. The van der Waals surface area contributed by atoms with E-state index in [-0.39, 0.29) is 5.02 Å². The van der Waals surface area contributed by atoms with Gasteiger partial charge < -0.3 is 9.30 Å². The highest BCUT2D eigenvalue weighted by molar-refractivity contribution is 6.32. The Morgan fingerprint density at radius 1 is 1.05 bits per heavy atom. The van der Waals surface area contributed by atoms with Crippen LogP contribution in [0.5, 0.6) is 5.75 Å². The molecular formula is C16H11ClF3NO. The number of hydrogen-bond acceptors (Lipinski definition) is 1. The molecule has 0 saturated heterocycles. The van der Waals surface area contributed by atoms with Crippen molar-refractivity contribution in [2.45, 2.75) is 6.36 Å². The van der Waals surface area contributed by atoms with Gasteiger partial charge in [-0.2, -0.15) is 0 Å². The zero-order chi connectivity index (χ0) is 15.9. The molecular weight excluding hydrogens is 315 g/mol. The van der Waals surface area contributed by atoms with E-state index in [0.717, 1.165) is 22.2 Å². The van der Waals surface area contributed by atoms with Crippen molar-refractivity contribution in [3.63, 3.8) is 0 Å². The zero-order valence-electron chi connectivity index (χ0n) is 11.5. The van der Waals surface area contributed by atoms with Crippen molar-refractivity contribution in [3.8, 4) is 17.0 Å². The Balaban J connectivity index is 2.04. The van der Waals surface area contributed by atoms with E-state index in [9.17, 15) is 13.2 Å². The summed E-state index contributed by atoms with van der Waals surface area (Å²) in [4.78, 5) is 0. The summed E-state index contributed by atoms with van der Waals surface area (Å²) in [7, 11) is 1.89. The summed E-state index contributed by atoms with van der Waals surface area (Å²) in [6, 6.07) is 14.0. The molecule has 0 N–H and O–H groups in total. The molecule has 2 aromatic carbocycles. The monoisotopic (exact) mass is 325 g/mol. The molecule has 0 atom stereocenters. The average molecular weight is 326 g/mol. The Hall–Kier alpha value is -2.14. The average Bonchev–Trinajstić information content (AvgIpc) is 2.78. The molecule has 0 aliphatic carbocycles. The van der Waals surface area contributed by atoms with Crippen molar-refractivity contribution in [1.29, 1.82) is 0 Å². The predicted octanol–water partition coefficient (Wildman–Crippen LogP) is 5.40. The molecule has 1 aromatic heterocycles. The maximum absolute atomic E-state index is 12.3. The van der Waals surface area contributed by atoms with Crippen LogP contribution in [0.25, 0.3) is 22.2 Å². The Bertz CT molecular complexity index is 839. The normalized spacial score (nSPS) is 11.9. The third-order valence-corrected chi connectivity index (χ3v) is 3.70. The number of alkyl halides is 3. The van der Waals surface area contributed by atoms with Crippen LogP contribution in [0.3, 0.4) is 0 Å².